The second kappa shape index (κ2) is 10.4. The summed E-state index contributed by atoms with van der Waals surface area (Å²) in [7, 11) is -2.14. The van der Waals surface area contributed by atoms with Gasteiger partial charge >= 0.3 is 7.40 Å². The number of ketones is 1. The molecule has 0 aliphatic rings. The minimum atomic E-state index is -2.14. The smallest absolute Gasteiger partial charge is 0.510 e. The summed E-state index contributed by atoms with van der Waals surface area (Å²) in [5.74, 6) is -0.637. The van der Waals surface area contributed by atoms with Crippen molar-refractivity contribution >= 4 is 13.2 Å². The first-order valence-electron chi connectivity index (χ1n) is 8.06. The molecule has 0 saturated carbocycles. The van der Waals surface area contributed by atoms with Gasteiger partial charge in [0.25, 0.3) is 0 Å². The molecule has 27 heavy (non-hydrogen) atoms. The van der Waals surface area contributed by atoms with Crippen LogP contribution in [0.5, 0.6) is 5.88 Å². The SMILES string of the molecule is CC(C)(C)C(=O)C=C(O)COB(F)Oc1cccc(-c2[c-]cccc2)n1.[Pt]. The van der Waals surface area contributed by atoms with Crippen LogP contribution >= 0.6 is 0 Å². The van der Waals surface area contributed by atoms with Crippen molar-refractivity contribution in [3.63, 3.8) is 0 Å². The van der Waals surface area contributed by atoms with Crippen LogP contribution in [0.4, 0.5) is 4.32 Å². The Bertz CT molecular complexity index is 781. The zero-order valence-corrected chi connectivity index (χ0v) is 17.5. The number of halogens is 1. The van der Waals surface area contributed by atoms with E-state index in [1.807, 2.05) is 18.2 Å². The average molecular weight is 551 g/mol. The third-order valence-corrected chi connectivity index (χ3v) is 3.32. The molecule has 2 rings (SSSR count). The molecule has 0 unspecified atom stereocenters. The Hall–Kier alpha value is -1.98. The number of nitrogens with zero attached hydrogens (tertiary/aromatic N) is 1. The molecular weight excluding hydrogens is 531 g/mol. The first-order chi connectivity index (χ1) is 12.3. The number of aromatic nitrogens is 1. The number of hydrogen-bond donors (Lipinski definition) is 1. The van der Waals surface area contributed by atoms with E-state index in [0.29, 0.717) is 5.69 Å². The maximum absolute atomic E-state index is 13.8. The Morgan fingerprint density at radius 1 is 1.30 bits per heavy atom. The predicted molar refractivity (Wildman–Crippen MR) is 97.1 cm³/mol. The van der Waals surface area contributed by atoms with Crippen LogP contribution in [0.1, 0.15) is 20.8 Å². The van der Waals surface area contributed by atoms with E-state index in [4.69, 9.17) is 9.31 Å². The first-order valence-corrected chi connectivity index (χ1v) is 8.06. The summed E-state index contributed by atoms with van der Waals surface area (Å²) < 4.78 is 23.6. The van der Waals surface area contributed by atoms with Gasteiger partial charge in [-0.25, -0.2) is 4.32 Å². The Morgan fingerprint density at radius 3 is 2.67 bits per heavy atom. The van der Waals surface area contributed by atoms with E-state index in [1.165, 1.54) is 6.07 Å². The third kappa shape index (κ3) is 7.65. The molecule has 2 aromatic rings. The number of allylic oxidation sites excluding steroid dienone is 1. The van der Waals surface area contributed by atoms with E-state index in [9.17, 15) is 14.2 Å². The molecule has 0 saturated heterocycles. The van der Waals surface area contributed by atoms with Gasteiger partial charge in [-0.1, -0.05) is 32.9 Å². The zero-order valence-electron chi connectivity index (χ0n) is 15.2. The summed E-state index contributed by atoms with van der Waals surface area (Å²) in [6, 6.07) is 15.2. The topological polar surface area (TPSA) is 68.7 Å². The standard InChI is InChI=1S/C19H20BFNO4.Pt/c1-19(2,3)17(24)12-15(23)13-25-20(21)26-18-11-7-10-16(22-18)14-8-5-4-6-9-14;/h4-8,10-12,23H,13H2,1-3H3;/q-1;. The number of rotatable bonds is 7. The van der Waals surface area contributed by atoms with Crippen LogP contribution in [0.2, 0.25) is 0 Å². The Kier molecular flexibility index (Phi) is 8.87. The van der Waals surface area contributed by atoms with Gasteiger partial charge in [0.05, 0.1) is 6.61 Å². The summed E-state index contributed by atoms with van der Waals surface area (Å²) in [6.07, 6.45) is 1.02. The van der Waals surface area contributed by atoms with Crippen LogP contribution in [0.15, 0.2) is 54.3 Å². The van der Waals surface area contributed by atoms with Gasteiger partial charge in [-0.3, -0.25) is 9.78 Å². The monoisotopic (exact) mass is 551 g/mol. The van der Waals surface area contributed by atoms with Gasteiger partial charge in [0.15, 0.2) is 11.7 Å². The molecule has 0 aliphatic carbocycles. The molecule has 0 fully saturated rings. The summed E-state index contributed by atoms with van der Waals surface area (Å²) in [4.78, 5) is 15.9. The number of carbonyl (C=O) groups excluding carboxylic acids is 1. The van der Waals surface area contributed by atoms with Gasteiger partial charge in [-0.15, -0.1) is 35.9 Å². The van der Waals surface area contributed by atoms with Crippen molar-refractivity contribution < 1.29 is 44.6 Å². The van der Waals surface area contributed by atoms with Crippen LogP contribution in [0.25, 0.3) is 11.3 Å². The molecule has 0 radical (unpaired) electrons. The molecule has 1 aromatic carbocycles. The molecule has 5 nitrogen and oxygen atoms in total. The summed E-state index contributed by atoms with van der Waals surface area (Å²) >= 11 is 0. The van der Waals surface area contributed by atoms with E-state index in [0.717, 1.165) is 11.6 Å². The average Bonchev–Trinajstić information content (AvgIpc) is 2.60. The van der Waals surface area contributed by atoms with Crippen LogP contribution in [0, 0.1) is 11.5 Å². The van der Waals surface area contributed by atoms with Gasteiger partial charge in [0.2, 0.25) is 0 Å². The molecule has 0 atom stereocenters. The van der Waals surface area contributed by atoms with Crippen molar-refractivity contribution in [1.29, 1.82) is 0 Å². The Balaban J connectivity index is 0.00000364. The summed E-state index contributed by atoms with van der Waals surface area (Å²) in [5, 5.41) is 9.66. The molecule has 146 valence electrons. The van der Waals surface area contributed by atoms with Gasteiger partial charge in [0.1, 0.15) is 5.76 Å². The summed E-state index contributed by atoms with van der Waals surface area (Å²) in [6.45, 7) is 4.65. The van der Waals surface area contributed by atoms with E-state index >= 15 is 0 Å². The minimum absolute atomic E-state index is 0. The molecule has 1 N–H and O–H groups in total. The van der Waals surface area contributed by atoms with Gasteiger partial charge in [-0.2, -0.15) is 0 Å². The molecule has 1 heterocycles. The molecule has 0 aliphatic heterocycles. The molecule has 0 bridgehead atoms. The van der Waals surface area contributed by atoms with Crippen LogP contribution in [-0.4, -0.2) is 29.9 Å². The second-order valence-corrected chi connectivity index (χ2v) is 6.59. The molecule has 8 heteroatoms. The normalized spacial score (nSPS) is 11.5. The van der Waals surface area contributed by atoms with E-state index in [2.05, 4.69) is 11.1 Å². The summed E-state index contributed by atoms with van der Waals surface area (Å²) in [5.41, 5.74) is 0.683. The minimum Gasteiger partial charge on any atom is -0.510 e. The fourth-order valence-electron chi connectivity index (χ4n) is 1.87. The van der Waals surface area contributed by atoms with Crippen molar-refractivity contribution in [3.05, 3.63) is 60.4 Å². The van der Waals surface area contributed by atoms with Crippen molar-refractivity contribution in [2.45, 2.75) is 20.8 Å². The van der Waals surface area contributed by atoms with Crippen molar-refractivity contribution in [3.8, 4) is 17.1 Å². The van der Waals surface area contributed by atoms with Gasteiger partial charge in [-0.05, 0) is 11.8 Å². The molecule has 0 amide bonds. The van der Waals surface area contributed by atoms with Gasteiger partial charge < -0.3 is 14.4 Å². The Labute approximate surface area is 173 Å². The number of hydrogen-bond acceptors (Lipinski definition) is 5. The van der Waals surface area contributed by atoms with E-state index < -0.39 is 19.4 Å². The molecule has 1 aromatic heterocycles. The van der Waals surface area contributed by atoms with E-state index in [-0.39, 0.29) is 38.5 Å². The molecular formula is C19H20BFNO4Pt-. The maximum atomic E-state index is 13.8. The quantitative estimate of drug-likeness (QED) is 0.245. The maximum Gasteiger partial charge on any atom is 0.756 e. The first kappa shape index (κ1) is 23.1. The number of pyridine rings is 1. The van der Waals surface area contributed by atoms with Crippen LogP contribution in [-0.2, 0) is 30.5 Å². The Morgan fingerprint density at radius 2 is 2.04 bits per heavy atom. The molecule has 0 spiro atoms. The van der Waals surface area contributed by atoms with Crippen molar-refractivity contribution in [2.75, 3.05) is 6.61 Å². The van der Waals surface area contributed by atoms with E-state index in [1.54, 1.807) is 39.0 Å². The number of aliphatic hydroxyl groups is 1. The number of aliphatic hydroxyl groups excluding tert-OH is 1. The largest absolute Gasteiger partial charge is 0.756 e. The van der Waals surface area contributed by atoms with Crippen LogP contribution in [0.3, 0.4) is 0 Å². The number of carbonyl (C=O) groups is 1. The second-order valence-electron chi connectivity index (χ2n) is 6.59. The van der Waals surface area contributed by atoms with Gasteiger partial charge in [0, 0.05) is 32.6 Å². The van der Waals surface area contributed by atoms with Crippen LogP contribution < -0.4 is 4.65 Å². The predicted octanol–water partition coefficient (Wildman–Crippen LogP) is 3.95. The van der Waals surface area contributed by atoms with Crippen molar-refractivity contribution in [1.82, 2.24) is 4.98 Å². The fourth-order valence-corrected chi connectivity index (χ4v) is 1.87. The van der Waals surface area contributed by atoms with Crippen molar-refractivity contribution in [2.24, 2.45) is 5.41 Å². The zero-order chi connectivity index (χ0) is 19.2. The number of benzene rings is 1. The fraction of sp³-hybridized carbons (Fsp3) is 0.263. The third-order valence-electron chi connectivity index (χ3n) is 3.32.